The summed E-state index contributed by atoms with van der Waals surface area (Å²) in [4.78, 5) is 32.2. The molecule has 0 saturated carbocycles. The lowest BCUT2D eigenvalue weighted by Crippen LogP contribution is -2.51. The summed E-state index contributed by atoms with van der Waals surface area (Å²) in [6.45, 7) is 5.93. The Labute approximate surface area is 188 Å². The van der Waals surface area contributed by atoms with E-state index in [1.165, 1.54) is 5.56 Å². The molecule has 2 heterocycles. The lowest BCUT2D eigenvalue weighted by Gasteiger charge is -2.23. The van der Waals surface area contributed by atoms with E-state index in [9.17, 15) is 9.59 Å². The van der Waals surface area contributed by atoms with Crippen molar-refractivity contribution >= 4 is 28.9 Å². The van der Waals surface area contributed by atoms with Crippen LogP contribution >= 0.6 is 0 Å². The van der Waals surface area contributed by atoms with Gasteiger partial charge in [0.05, 0.1) is 11.0 Å². The molecule has 1 aliphatic rings. The van der Waals surface area contributed by atoms with Crippen LogP contribution in [0.4, 0.5) is 10.7 Å². The monoisotopic (exact) mass is 433 g/mol. The molecule has 7 heteroatoms. The number of urea groups is 1. The minimum Gasteiger partial charge on any atom is -0.354 e. The molecule has 3 amide bonds. The SMILES string of the molecule is CC(C)CC(NC(=O)N1CCn2c1nc1ccccc12)C(=O)NCCCc1ccccc1. The van der Waals surface area contributed by atoms with Crippen LogP contribution in [0.25, 0.3) is 11.0 Å². The number of amides is 3. The van der Waals surface area contributed by atoms with Crippen LogP contribution in [-0.4, -0.2) is 40.6 Å². The number of carbonyl (C=O) groups excluding carboxylic acids is 2. The summed E-state index contributed by atoms with van der Waals surface area (Å²) < 4.78 is 2.05. The molecule has 1 aliphatic heterocycles. The van der Waals surface area contributed by atoms with Gasteiger partial charge in [-0.15, -0.1) is 0 Å². The predicted molar refractivity (Wildman–Crippen MR) is 127 cm³/mol. The molecule has 3 aromatic rings. The Morgan fingerprint density at radius 2 is 1.78 bits per heavy atom. The van der Waals surface area contributed by atoms with Crippen LogP contribution in [0.15, 0.2) is 54.6 Å². The van der Waals surface area contributed by atoms with Crippen LogP contribution in [0.5, 0.6) is 0 Å². The number of aromatic nitrogens is 2. The minimum atomic E-state index is -0.572. The van der Waals surface area contributed by atoms with Crippen LogP contribution in [0.1, 0.15) is 32.3 Å². The maximum Gasteiger partial charge on any atom is 0.324 e. The highest BCUT2D eigenvalue weighted by molar-refractivity contribution is 5.96. The van der Waals surface area contributed by atoms with Crippen molar-refractivity contribution in [2.24, 2.45) is 5.92 Å². The van der Waals surface area contributed by atoms with Gasteiger partial charge in [-0.25, -0.2) is 9.78 Å². The Kier molecular flexibility index (Phi) is 6.73. The number of nitrogens with one attached hydrogen (secondary N) is 2. The van der Waals surface area contributed by atoms with Crippen molar-refractivity contribution in [1.82, 2.24) is 20.2 Å². The van der Waals surface area contributed by atoms with E-state index >= 15 is 0 Å². The van der Waals surface area contributed by atoms with E-state index in [-0.39, 0.29) is 17.9 Å². The summed E-state index contributed by atoms with van der Waals surface area (Å²) in [5.74, 6) is 0.779. The molecule has 7 nitrogen and oxygen atoms in total. The second-order valence-corrected chi connectivity index (χ2v) is 8.72. The molecular weight excluding hydrogens is 402 g/mol. The third kappa shape index (κ3) is 4.93. The second-order valence-electron chi connectivity index (χ2n) is 8.72. The van der Waals surface area contributed by atoms with Crippen LogP contribution < -0.4 is 15.5 Å². The zero-order valence-corrected chi connectivity index (χ0v) is 18.8. The number of fused-ring (bicyclic) bond motifs is 3. The summed E-state index contributed by atoms with van der Waals surface area (Å²) in [7, 11) is 0. The van der Waals surface area contributed by atoms with Crippen molar-refractivity contribution in [3.63, 3.8) is 0 Å². The molecule has 168 valence electrons. The number of nitrogens with zero attached hydrogens (tertiary/aromatic N) is 3. The molecule has 0 fully saturated rings. The van der Waals surface area contributed by atoms with E-state index < -0.39 is 6.04 Å². The topological polar surface area (TPSA) is 79.3 Å². The molecule has 1 unspecified atom stereocenters. The Morgan fingerprint density at radius 1 is 1.03 bits per heavy atom. The standard InChI is InChI=1S/C25H31N5O2/c1-18(2)17-21(23(31)26-14-8-11-19-9-4-3-5-10-19)28-25(32)30-16-15-29-22-13-7-6-12-20(22)27-24(29)30/h3-7,9-10,12-13,18,21H,8,11,14-17H2,1-2H3,(H,26,31)(H,28,32). The maximum absolute atomic E-state index is 13.1. The molecule has 4 rings (SSSR count). The number of hydrogen-bond donors (Lipinski definition) is 2. The van der Waals surface area contributed by atoms with Gasteiger partial charge in [-0.1, -0.05) is 56.3 Å². The van der Waals surface area contributed by atoms with Crippen molar-refractivity contribution in [3.05, 3.63) is 60.2 Å². The number of aryl methyl sites for hydroxylation is 1. The molecule has 2 N–H and O–H groups in total. The van der Waals surface area contributed by atoms with Gasteiger partial charge in [0.25, 0.3) is 0 Å². The second kappa shape index (κ2) is 9.85. The molecule has 0 aliphatic carbocycles. The van der Waals surface area contributed by atoms with E-state index in [2.05, 4.69) is 46.2 Å². The number of imidazole rings is 1. The average molecular weight is 434 g/mol. The Hall–Kier alpha value is -3.35. The lowest BCUT2D eigenvalue weighted by molar-refractivity contribution is -0.123. The first-order valence-corrected chi connectivity index (χ1v) is 11.4. The molecule has 0 radical (unpaired) electrons. The molecule has 0 spiro atoms. The van der Waals surface area contributed by atoms with Crippen molar-refractivity contribution in [3.8, 4) is 0 Å². The quantitative estimate of drug-likeness (QED) is 0.531. The summed E-state index contributed by atoms with van der Waals surface area (Å²) in [6, 6.07) is 17.3. The highest BCUT2D eigenvalue weighted by Crippen LogP contribution is 2.27. The van der Waals surface area contributed by atoms with Gasteiger partial charge < -0.3 is 15.2 Å². The molecule has 1 aromatic heterocycles. The first-order chi connectivity index (χ1) is 15.5. The predicted octanol–water partition coefficient (Wildman–Crippen LogP) is 3.73. The fourth-order valence-corrected chi connectivity index (χ4v) is 4.18. The van der Waals surface area contributed by atoms with E-state index in [1.807, 2.05) is 42.5 Å². The van der Waals surface area contributed by atoms with E-state index in [0.717, 1.165) is 23.9 Å². The normalized spacial score (nSPS) is 13.9. The summed E-state index contributed by atoms with van der Waals surface area (Å²) in [6.07, 6.45) is 2.35. The van der Waals surface area contributed by atoms with Crippen molar-refractivity contribution in [1.29, 1.82) is 0 Å². The van der Waals surface area contributed by atoms with Crippen LogP contribution in [0, 0.1) is 5.92 Å². The first kappa shape index (κ1) is 21.9. The van der Waals surface area contributed by atoms with Crippen molar-refractivity contribution in [2.75, 3.05) is 18.0 Å². The molecule has 0 saturated heterocycles. The lowest BCUT2D eigenvalue weighted by atomic mass is 10.0. The number of benzene rings is 2. The number of rotatable bonds is 8. The molecule has 32 heavy (non-hydrogen) atoms. The summed E-state index contributed by atoms with van der Waals surface area (Å²) >= 11 is 0. The summed E-state index contributed by atoms with van der Waals surface area (Å²) in [5, 5.41) is 5.96. The summed E-state index contributed by atoms with van der Waals surface area (Å²) in [5.41, 5.74) is 3.15. The first-order valence-electron chi connectivity index (χ1n) is 11.4. The fraction of sp³-hybridized carbons (Fsp3) is 0.400. The van der Waals surface area contributed by atoms with Gasteiger partial charge >= 0.3 is 6.03 Å². The van der Waals surface area contributed by atoms with Crippen molar-refractivity contribution in [2.45, 2.75) is 45.7 Å². The molecule has 0 bridgehead atoms. The largest absolute Gasteiger partial charge is 0.354 e. The smallest absolute Gasteiger partial charge is 0.324 e. The third-order valence-electron chi connectivity index (χ3n) is 5.77. The zero-order chi connectivity index (χ0) is 22.5. The number of anilines is 1. The number of hydrogen-bond acceptors (Lipinski definition) is 3. The molecular formula is C25H31N5O2. The van der Waals surface area contributed by atoms with Gasteiger partial charge in [-0.2, -0.15) is 0 Å². The third-order valence-corrected chi connectivity index (χ3v) is 5.77. The van der Waals surface area contributed by atoms with Gasteiger partial charge in [-0.3, -0.25) is 9.69 Å². The Bertz CT molecular complexity index is 1080. The molecule has 2 aromatic carbocycles. The Balaban J connectivity index is 1.36. The number of para-hydroxylation sites is 2. The molecule has 1 atom stereocenters. The van der Waals surface area contributed by atoms with E-state index in [4.69, 9.17) is 0 Å². The van der Waals surface area contributed by atoms with Gasteiger partial charge in [0.2, 0.25) is 11.9 Å². The van der Waals surface area contributed by atoms with Gasteiger partial charge in [-0.05, 0) is 42.9 Å². The van der Waals surface area contributed by atoms with E-state index in [1.54, 1.807) is 4.90 Å². The highest BCUT2D eigenvalue weighted by Gasteiger charge is 2.31. The Morgan fingerprint density at radius 3 is 2.56 bits per heavy atom. The number of carbonyl (C=O) groups is 2. The maximum atomic E-state index is 13.1. The van der Waals surface area contributed by atoms with Gasteiger partial charge in [0.15, 0.2) is 0 Å². The van der Waals surface area contributed by atoms with Gasteiger partial charge in [0.1, 0.15) is 6.04 Å². The van der Waals surface area contributed by atoms with Crippen LogP contribution in [0.2, 0.25) is 0 Å². The van der Waals surface area contributed by atoms with E-state index in [0.29, 0.717) is 32.0 Å². The van der Waals surface area contributed by atoms with Crippen LogP contribution in [-0.2, 0) is 17.8 Å². The van der Waals surface area contributed by atoms with Crippen LogP contribution in [0.3, 0.4) is 0 Å². The van der Waals surface area contributed by atoms with Gasteiger partial charge in [0, 0.05) is 19.6 Å². The zero-order valence-electron chi connectivity index (χ0n) is 18.8. The highest BCUT2D eigenvalue weighted by atomic mass is 16.2. The minimum absolute atomic E-state index is 0.132. The van der Waals surface area contributed by atoms with Crippen molar-refractivity contribution < 1.29 is 9.59 Å². The average Bonchev–Trinajstić information content (AvgIpc) is 3.36. The fourth-order valence-electron chi connectivity index (χ4n) is 4.18.